The highest BCUT2D eigenvalue weighted by atomic mass is 35.5. The fourth-order valence-electron chi connectivity index (χ4n) is 5.14. The number of pyridine rings is 1. The first-order chi connectivity index (χ1) is 19.2. The molecule has 0 saturated heterocycles. The summed E-state index contributed by atoms with van der Waals surface area (Å²) in [7, 11) is -3.91. The van der Waals surface area contributed by atoms with Crippen LogP contribution in [0.5, 0.6) is 0 Å². The van der Waals surface area contributed by atoms with Crippen LogP contribution in [0.4, 0.5) is 0 Å². The molecule has 3 N–H and O–H groups in total. The van der Waals surface area contributed by atoms with E-state index in [1.807, 2.05) is 19.9 Å². The van der Waals surface area contributed by atoms with E-state index in [0.717, 1.165) is 12.0 Å². The maximum Gasteiger partial charge on any atom is 0.251 e. The van der Waals surface area contributed by atoms with Crippen LogP contribution in [0.25, 0.3) is 0 Å². The van der Waals surface area contributed by atoms with E-state index in [4.69, 9.17) is 11.6 Å². The summed E-state index contributed by atoms with van der Waals surface area (Å²) in [6.45, 7) is 4.09. The van der Waals surface area contributed by atoms with Gasteiger partial charge in [-0.2, -0.15) is 4.31 Å². The van der Waals surface area contributed by atoms with E-state index in [9.17, 15) is 23.4 Å². The fourth-order valence-corrected chi connectivity index (χ4v) is 7.05. The highest BCUT2D eigenvalue weighted by molar-refractivity contribution is 7.89. The van der Waals surface area contributed by atoms with E-state index < -0.39 is 33.8 Å². The van der Waals surface area contributed by atoms with Crippen LogP contribution in [0.2, 0.25) is 5.02 Å². The Labute approximate surface area is 241 Å². The number of carbonyl (C=O) groups is 1. The van der Waals surface area contributed by atoms with Crippen molar-refractivity contribution in [1.29, 1.82) is 0 Å². The van der Waals surface area contributed by atoms with Crippen molar-refractivity contribution in [2.24, 2.45) is 0 Å². The maximum absolute atomic E-state index is 13.9. The number of sulfonamides is 1. The van der Waals surface area contributed by atoms with Gasteiger partial charge in [-0.1, -0.05) is 43.6 Å². The van der Waals surface area contributed by atoms with Gasteiger partial charge < -0.3 is 15.5 Å². The van der Waals surface area contributed by atoms with E-state index in [0.29, 0.717) is 42.0 Å². The van der Waals surface area contributed by atoms with Gasteiger partial charge in [0.05, 0.1) is 40.9 Å². The molecule has 2 aliphatic carbocycles. The second kappa shape index (κ2) is 12.8. The second-order valence-electron chi connectivity index (χ2n) is 9.96. The lowest BCUT2D eigenvalue weighted by Crippen LogP contribution is -2.51. The van der Waals surface area contributed by atoms with Crippen LogP contribution in [0.3, 0.4) is 0 Å². The molecule has 8 nitrogen and oxygen atoms in total. The van der Waals surface area contributed by atoms with Gasteiger partial charge in [0.25, 0.3) is 5.91 Å². The number of aromatic nitrogens is 1. The zero-order valence-corrected chi connectivity index (χ0v) is 24.3. The highest BCUT2D eigenvalue weighted by Gasteiger charge is 2.54. The highest BCUT2D eigenvalue weighted by Crippen LogP contribution is 2.53. The molecule has 2 fully saturated rings. The molecule has 0 aliphatic heterocycles. The Morgan fingerprint density at radius 1 is 1.02 bits per heavy atom. The van der Waals surface area contributed by atoms with Crippen molar-refractivity contribution in [3.8, 4) is 0 Å². The minimum atomic E-state index is -3.91. The zero-order valence-electron chi connectivity index (χ0n) is 22.7. The Hall–Kier alpha value is -2.82. The minimum absolute atomic E-state index is 0.0932. The molecule has 0 spiro atoms. The lowest BCUT2D eigenvalue weighted by molar-refractivity contribution is -0.0278. The summed E-state index contributed by atoms with van der Waals surface area (Å²) >= 11 is 6.01. The van der Waals surface area contributed by atoms with E-state index >= 15 is 0 Å². The molecule has 3 atom stereocenters. The van der Waals surface area contributed by atoms with Gasteiger partial charge in [0.1, 0.15) is 0 Å². The summed E-state index contributed by atoms with van der Waals surface area (Å²) in [5.74, 6) is -0.348. The first-order valence-corrected chi connectivity index (χ1v) is 15.5. The average Bonchev–Trinajstić information content (AvgIpc) is 3.78. The Morgan fingerprint density at radius 2 is 1.70 bits per heavy atom. The first-order valence-electron chi connectivity index (χ1n) is 13.7. The largest absolute Gasteiger partial charge is 0.390 e. The smallest absolute Gasteiger partial charge is 0.251 e. The Kier molecular flexibility index (Phi) is 9.64. The number of aliphatic hydroxyl groups is 2. The third kappa shape index (κ3) is 6.39. The second-order valence-corrected chi connectivity index (χ2v) is 12.3. The number of aliphatic hydroxyl groups excluding tert-OH is 2. The predicted molar refractivity (Wildman–Crippen MR) is 154 cm³/mol. The van der Waals surface area contributed by atoms with Crippen molar-refractivity contribution >= 4 is 27.5 Å². The molecule has 214 valence electrons. The molecule has 40 heavy (non-hydrogen) atoms. The molecule has 2 saturated carbocycles. The van der Waals surface area contributed by atoms with Crippen LogP contribution in [-0.2, 0) is 22.1 Å². The number of hydrogen-bond donors (Lipinski definition) is 3. The molecular weight excluding hydrogens is 550 g/mol. The lowest BCUT2D eigenvalue weighted by atomic mass is 9.90. The Morgan fingerprint density at radius 3 is 2.30 bits per heavy atom. The van der Waals surface area contributed by atoms with Crippen LogP contribution in [-0.4, -0.2) is 52.1 Å². The summed E-state index contributed by atoms with van der Waals surface area (Å²) in [5, 5.41) is 23.4. The van der Waals surface area contributed by atoms with Crippen LogP contribution in [0.1, 0.15) is 67.6 Å². The molecule has 5 rings (SSSR count). The van der Waals surface area contributed by atoms with E-state index in [1.54, 1.807) is 54.7 Å². The molecule has 10 heteroatoms. The van der Waals surface area contributed by atoms with Gasteiger partial charge in [-0.3, -0.25) is 9.78 Å². The van der Waals surface area contributed by atoms with Gasteiger partial charge in [-0.05, 0) is 86.2 Å². The number of benzene rings is 2. The summed E-state index contributed by atoms with van der Waals surface area (Å²) in [4.78, 5) is 17.4. The van der Waals surface area contributed by atoms with Crippen molar-refractivity contribution in [2.45, 2.75) is 81.2 Å². The number of nitrogens with one attached hydrogen (secondary N) is 1. The van der Waals surface area contributed by atoms with Crippen molar-refractivity contribution in [2.75, 3.05) is 0 Å². The molecular formula is C30H36ClN3O5S. The number of halogens is 1. The normalized spacial score (nSPS) is 21.7. The number of nitrogens with zero attached hydrogens (tertiary/aromatic N) is 2. The van der Waals surface area contributed by atoms with Gasteiger partial charge in [0.15, 0.2) is 0 Å². The molecule has 0 bridgehead atoms. The molecule has 1 amide bonds. The van der Waals surface area contributed by atoms with Crippen LogP contribution in [0, 0.1) is 0 Å². The summed E-state index contributed by atoms with van der Waals surface area (Å²) in [5.41, 5.74) is 1.04. The van der Waals surface area contributed by atoms with Gasteiger partial charge >= 0.3 is 0 Å². The third-order valence-electron chi connectivity index (χ3n) is 7.46. The molecule has 2 aromatic carbocycles. The van der Waals surface area contributed by atoms with Gasteiger partial charge in [0, 0.05) is 16.8 Å². The number of rotatable bonds is 8. The summed E-state index contributed by atoms with van der Waals surface area (Å²) < 4.78 is 29.3. The molecule has 2 aliphatic rings. The number of carbonyl (C=O) groups excluding carboxylic acids is 1. The number of hydrogen-bond acceptors (Lipinski definition) is 6. The fraction of sp³-hybridized carbons (Fsp3) is 0.400. The monoisotopic (exact) mass is 585 g/mol. The maximum atomic E-state index is 13.9. The molecule has 3 aromatic rings. The standard InChI is InChI=1S/C28H30ClN3O5S.C2H6/c29-21-11-13-23(14-12-21)38(36,37)32(18-22-4-1-2-17-30-22)28(15-16-28)20-9-7-19(8-10-20)27(35)31-24-5-3-6-25(33)26(24)34;1-2/h1-2,4,7-14,17,24-26,33-34H,3,5-6,15-16,18H2,(H,31,35);1-2H3/t24-,25?,26?;/m0./s1. The predicted octanol–water partition coefficient (Wildman–Crippen LogP) is 4.65. The average molecular weight is 586 g/mol. The van der Waals surface area contributed by atoms with Crippen molar-refractivity contribution < 1.29 is 23.4 Å². The molecule has 1 aromatic heterocycles. The van der Waals surface area contributed by atoms with E-state index in [1.165, 1.54) is 16.4 Å². The third-order valence-corrected chi connectivity index (χ3v) is 9.64. The van der Waals surface area contributed by atoms with Crippen molar-refractivity contribution in [3.63, 3.8) is 0 Å². The van der Waals surface area contributed by atoms with Gasteiger partial charge in [-0.25, -0.2) is 8.42 Å². The summed E-state index contributed by atoms with van der Waals surface area (Å²) in [6.07, 6.45) is 2.87. The first kappa shape index (κ1) is 30.1. The molecule has 1 heterocycles. The SMILES string of the molecule is CC.O=C(N[C@H]1CCCC(O)C1O)c1ccc(C2(N(Cc3ccccn3)S(=O)(=O)c3ccc(Cl)cc3)CC2)cc1. The zero-order chi connectivity index (χ0) is 28.9. The lowest BCUT2D eigenvalue weighted by Gasteiger charge is -2.32. The molecule has 2 unspecified atom stereocenters. The van der Waals surface area contributed by atoms with E-state index in [2.05, 4.69) is 10.3 Å². The van der Waals surface area contributed by atoms with Crippen molar-refractivity contribution in [3.05, 3.63) is 94.8 Å². The van der Waals surface area contributed by atoms with Gasteiger partial charge in [0.2, 0.25) is 10.0 Å². The van der Waals surface area contributed by atoms with Gasteiger partial charge in [-0.15, -0.1) is 0 Å². The Bertz CT molecular complexity index is 1380. The van der Waals surface area contributed by atoms with E-state index in [-0.39, 0.29) is 17.3 Å². The topological polar surface area (TPSA) is 120 Å². The van der Waals surface area contributed by atoms with Crippen LogP contribution in [0.15, 0.2) is 77.8 Å². The van der Waals surface area contributed by atoms with Crippen molar-refractivity contribution in [1.82, 2.24) is 14.6 Å². The molecule has 0 radical (unpaired) electrons. The minimum Gasteiger partial charge on any atom is -0.390 e. The number of amides is 1. The van der Waals surface area contributed by atoms with Crippen LogP contribution >= 0.6 is 11.6 Å². The van der Waals surface area contributed by atoms with Crippen LogP contribution < -0.4 is 5.32 Å². The Balaban J connectivity index is 0.00000181. The quantitative estimate of drug-likeness (QED) is 0.354. The summed E-state index contributed by atoms with van der Waals surface area (Å²) in [6, 6.07) is 17.9.